The van der Waals surface area contributed by atoms with E-state index in [1.54, 1.807) is 0 Å². The topological polar surface area (TPSA) is 58.5 Å². The summed E-state index contributed by atoms with van der Waals surface area (Å²) in [6.07, 6.45) is 4.68. The van der Waals surface area contributed by atoms with Crippen LogP contribution in [0.4, 0.5) is 0 Å². The van der Waals surface area contributed by atoms with Gasteiger partial charge in [0.2, 0.25) is 0 Å². The zero-order valence-electron chi connectivity index (χ0n) is 9.70. The molecule has 2 rings (SSSR count). The van der Waals surface area contributed by atoms with Crippen LogP contribution >= 0.6 is 0 Å². The number of hydrogen-bond donors (Lipinski definition) is 2. The Balaban J connectivity index is 1.71. The standard InChI is InChI=1S/C11H17N5/c1-9-13-8-10(15-9)7-12-5-3-11-4-6-14-16(11)2/h4,6,8,12H,3,5,7H2,1-2H3,(H,13,15). The summed E-state index contributed by atoms with van der Waals surface area (Å²) in [6.45, 7) is 3.73. The summed E-state index contributed by atoms with van der Waals surface area (Å²) in [7, 11) is 1.97. The monoisotopic (exact) mass is 219 g/mol. The highest BCUT2D eigenvalue weighted by molar-refractivity contribution is 5.01. The van der Waals surface area contributed by atoms with Crippen LogP contribution in [0.25, 0.3) is 0 Å². The first kappa shape index (κ1) is 10.9. The van der Waals surface area contributed by atoms with E-state index in [1.165, 1.54) is 5.69 Å². The van der Waals surface area contributed by atoms with Crippen molar-refractivity contribution in [1.29, 1.82) is 0 Å². The SMILES string of the molecule is Cc1ncc(CNCCc2ccnn2C)[nH]1. The van der Waals surface area contributed by atoms with E-state index >= 15 is 0 Å². The van der Waals surface area contributed by atoms with Gasteiger partial charge in [-0.15, -0.1) is 0 Å². The van der Waals surface area contributed by atoms with Crippen molar-refractivity contribution in [2.75, 3.05) is 6.54 Å². The molecule has 0 amide bonds. The van der Waals surface area contributed by atoms with Crippen LogP contribution in [0.5, 0.6) is 0 Å². The molecule has 5 nitrogen and oxygen atoms in total. The minimum absolute atomic E-state index is 0.832. The zero-order valence-corrected chi connectivity index (χ0v) is 9.70. The van der Waals surface area contributed by atoms with Crippen LogP contribution in [0.1, 0.15) is 17.2 Å². The number of rotatable bonds is 5. The maximum Gasteiger partial charge on any atom is 0.103 e. The van der Waals surface area contributed by atoms with Crippen LogP contribution in [0.2, 0.25) is 0 Å². The minimum atomic E-state index is 0.832. The molecule has 2 aromatic heterocycles. The van der Waals surface area contributed by atoms with E-state index in [9.17, 15) is 0 Å². The van der Waals surface area contributed by atoms with Crippen molar-refractivity contribution in [1.82, 2.24) is 25.1 Å². The lowest BCUT2D eigenvalue weighted by Crippen LogP contribution is -2.18. The number of nitrogens with one attached hydrogen (secondary N) is 2. The van der Waals surface area contributed by atoms with Gasteiger partial charge in [0.25, 0.3) is 0 Å². The van der Waals surface area contributed by atoms with Gasteiger partial charge in [-0.2, -0.15) is 5.10 Å². The Morgan fingerprint density at radius 3 is 3.00 bits per heavy atom. The Labute approximate surface area is 94.9 Å². The highest BCUT2D eigenvalue weighted by Crippen LogP contribution is 1.97. The van der Waals surface area contributed by atoms with E-state index in [2.05, 4.69) is 20.4 Å². The van der Waals surface area contributed by atoms with Gasteiger partial charge in [0.05, 0.1) is 0 Å². The molecule has 0 unspecified atom stereocenters. The van der Waals surface area contributed by atoms with Crippen molar-refractivity contribution < 1.29 is 0 Å². The number of nitrogens with zero attached hydrogens (tertiary/aromatic N) is 3. The number of aromatic nitrogens is 4. The molecule has 0 fully saturated rings. The van der Waals surface area contributed by atoms with Crippen molar-refractivity contribution >= 4 is 0 Å². The van der Waals surface area contributed by atoms with Crippen LogP contribution in [0, 0.1) is 6.92 Å². The Hall–Kier alpha value is -1.62. The smallest absolute Gasteiger partial charge is 0.103 e. The van der Waals surface area contributed by atoms with Gasteiger partial charge >= 0.3 is 0 Å². The first-order valence-corrected chi connectivity index (χ1v) is 5.44. The normalized spacial score (nSPS) is 10.9. The van der Waals surface area contributed by atoms with Crippen LogP contribution in [0.3, 0.4) is 0 Å². The van der Waals surface area contributed by atoms with Gasteiger partial charge < -0.3 is 10.3 Å². The molecule has 2 aromatic rings. The fourth-order valence-electron chi connectivity index (χ4n) is 1.65. The third-order valence-corrected chi connectivity index (χ3v) is 2.55. The Bertz CT molecular complexity index is 443. The third-order valence-electron chi connectivity index (χ3n) is 2.55. The van der Waals surface area contributed by atoms with Crippen LogP contribution in [0.15, 0.2) is 18.5 Å². The molecule has 2 N–H and O–H groups in total. The summed E-state index contributed by atoms with van der Waals surface area (Å²) in [5, 5.41) is 7.50. The number of aryl methyl sites for hydroxylation is 2. The molecule has 0 spiro atoms. The third kappa shape index (κ3) is 2.70. The average molecular weight is 219 g/mol. The number of imidazole rings is 1. The second kappa shape index (κ2) is 4.94. The van der Waals surface area contributed by atoms with E-state index in [0.29, 0.717) is 0 Å². The molecule has 0 bridgehead atoms. The maximum absolute atomic E-state index is 4.15. The van der Waals surface area contributed by atoms with E-state index in [-0.39, 0.29) is 0 Å². The second-order valence-corrected chi connectivity index (χ2v) is 3.87. The van der Waals surface area contributed by atoms with Crippen molar-refractivity contribution in [3.05, 3.63) is 35.7 Å². The number of aromatic amines is 1. The molecule has 0 radical (unpaired) electrons. The molecular weight excluding hydrogens is 202 g/mol. The van der Waals surface area contributed by atoms with E-state index in [4.69, 9.17) is 0 Å². The maximum atomic E-state index is 4.15. The van der Waals surface area contributed by atoms with Crippen molar-refractivity contribution in [2.24, 2.45) is 7.05 Å². The summed E-state index contributed by atoms with van der Waals surface area (Å²) in [5.74, 6) is 0.962. The summed E-state index contributed by atoms with van der Waals surface area (Å²) in [4.78, 5) is 7.34. The lowest BCUT2D eigenvalue weighted by atomic mass is 10.3. The van der Waals surface area contributed by atoms with Crippen molar-refractivity contribution in [3.63, 3.8) is 0 Å². The largest absolute Gasteiger partial charge is 0.345 e. The Kier molecular flexibility index (Phi) is 3.36. The van der Waals surface area contributed by atoms with Gasteiger partial charge in [0.1, 0.15) is 5.82 Å². The van der Waals surface area contributed by atoms with Crippen molar-refractivity contribution in [3.8, 4) is 0 Å². The summed E-state index contributed by atoms with van der Waals surface area (Å²) >= 11 is 0. The van der Waals surface area contributed by atoms with Gasteiger partial charge in [-0.25, -0.2) is 4.98 Å². The fourth-order valence-corrected chi connectivity index (χ4v) is 1.65. The summed E-state index contributed by atoms with van der Waals surface area (Å²) < 4.78 is 1.90. The second-order valence-electron chi connectivity index (χ2n) is 3.87. The zero-order chi connectivity index (χ0) is 11.4. The molecule has 86 valence electrons. The molecule has 0 saturated carbocycles. The molecule has 5 heteroatoms. The molecule has 2 heterocycles. The van der Waals surface area contributed by atoms with Crippen molar-refractivity contribution in [2.45, 2.75) is 19.9 Å². The lowest BCUT2D eigenvalue weighted by molar-refractivity contribution is 0.638. The quantitative estimate of drug-likeness (QED) is 0.731. The minimum Gasteiger partial charge on any atom is -0.345 e. The van der Waals surface area contributed by atoms with Crippen LogP contribution in [-0.4, -0.2) is 26.3 Å². The average Bonchev–Trinajstić information content (AvgIpc) is 2.83. The predicted octanol–water partition coefficient (Wildman–Crippen LogP) is 0.784. The van der Waals surface area contributed by atoms with Gasteiger partial charge in [0.15, 0.2) is 0 Å². The van der Waals surface area contributed by atoms with Gasteiger partial charge in [-0.1, -0.05) is 0 Å². The highest BCUT2D eigenvalue weighted by atomic mass is 15.3. The summed E-state index contributed by atoms with van der Waals surface area (Å²) in [5.41, 5.74) is 2.37. The molecule has 0 aliphatic carbocycles. The van der Waals surface area contributed by atoms with E-state index in [0.717, 1.165) is 31.0 Å². The molecule has 16 heavy (non-hydrogen) atoms. The van der Waals surface area contributed by atoms with E-state index in [1.807, 2.05) is 37.1 Å². The molecule has 0 aliphatic heterocycles. The fraction of sp³-hybridized carbons (Fsp3) is 0.455. The van der Waals surface area contributed by atoms with Crippen LogP contribution in [-0.2, 0) is 20.0 Å². The van der Waals surface area contributed by atoms with E-state index < -0.39 is 0 Å². The first-order chi connectivity index (χ1) is 7.75. The highest BCUT2D eigenvalue weighted by Gasteiger charge is 1.99. The molecular formula is C11H17N5. The van der Waals surface area contributed by atoms with Gasteiger partial charge in [-0.3, -0.25) is 4.68 Å². The Morgan fingerprint density at radius 1 is 1.50 bits per heavy atom. The molecule has 0 saturated heterocycles. The molecule has 0 atom stereocenters. The Morgan fingerprint density at radius 2 is 2.38 bits per heavy atom. The van der Waals surface area contributed by atoms with Crippen LogP contribution < -0.4 is 5.32 Å². The summed E-state index contributed by atoms with van der Waals surface area (Å²) in [6, 6.07) is 2.04. The number of hydrogen-bond acceptors (Lipinski definition) is 3. The van der Waals surface area contributed by atoms with Gasteiger partial charge in [0, 0.05) is 50.3 Å². The van der Waals surface area contributed by atoms with Gasteiger partial charge in [-0.05, 0) is 13.0 Å². The predicted molar refractivity (Wildman–Crippen MR) is 61.9 cm³/mol. The number of H-pyrrole nitrogens is 1. The lowest BCUT2D eigenvalue weighted by Gasteiger charge is -2.03. The molecule has 0 aromatic carbocycles. The first-order valence-electron chi connectivity index (χ1n) is 5.44. The molecule has 0 aliphatic rings.